The molecular formula is C28H28ClN3O2. The molecule has 3 aromatic carbocycles. The molecule has 1 aromatic heterocycles. The van der Waals surface area contributed by atoms with Gasteiger partial charge >= 0.3 is 0 Å². The summed E-state index contributed by atoms with van der Waals surface area (Å²) in [5.41, 5.74) is 2.45. The summed E-state index contributed by atoms with van der Waals surface area (Å²) >= 11 is 6.43. The molecular weight excluding hydrogens is 446 g/mol. The van der Waals surface area contributed by atoms with Crippen LogP contribution in [-0.2, 0) is 0 Å². The monoisotopic (exact) mass is 473 g/mol. The van der Waals surface area contributed by atoms with Gasteiger partial charge in [-0.2, -0.15) is 0 Å². The number of fused-ring (bicyclic) bond motifs is 1. The number of carbonyl (C=O) groups is 1. The highest BCUT2D eigenvalue weighted by Gasteiger charge is 2.28. The number of benzene rings is 3. The summed E-state index contributed by atoms with van der Waals surface area (Å²) in [5.74, 6) is 0.626. The number of carbonyl (C=O) groups excluding carboxylic acids is 1. The van der Waals surface area contributed by atoms with Crippen LogP contribution in [0.5, 0.6) is 0 Å². The number of para-hydroxylation sites is 1. The van der Waals surface area contributed by atoms with Crippen LogP contribution in [0.1, 0.15) is 48.6 Å². The maximum absolute atomic E-state index is 13.8. The molecule has 0 saturated carbocycles. The Balaban J connectivity index is 1.96. The molecule has 1 heterocycles. The van der Waals surface area contributed by atoms with Crippen molar-refractivity contribution in [3.05, 3.63) is 105 Å². The van der Waals surface area contributed by atoms with Gasteiger partial charge in [0.15, 0.2) is 0 Å². The first kappa shape index (κ1) is 23.7. The molecule has 0 saturated heterocycles. The van der Waals surface area contributed by atoms with E-state index in [4.69, 9.17) is 16.6 Å². The van der Waals surface area contributed by atoms with Crippen LogP contribution in [0.15, 0.2) is 77.6 Å². The molecule has 1 amide bonds. The third kappa shape index (κ3) is 4.48. The van der Waals surface area contributed by atoms with Crippen LogP contribution >= 0.6 is 11.6 Å². The number of amides is 1. The normalized spacial score (nSPS) is 12.2. The Morgan fingerprint density at radius 1 is 0.971 bits per heavy atom. The highest BCUT2D eigenvalue weighted by molar-refractivity contribution is 6.31. The maximum Gasteiger partial charge on any atom is 0.266 e. The summed E-state index contributed by atoms with van der Waals surface area (Å²) in [4.78, 5) is 34.1. The average molecular weight is 474 g/mol. The summed E-state index contributed by atoms with van der Waals surface area (Å²) in [6.45, 7) is 8.47. The molecule has 6 heteroatoms. The van der Waals surface area contributed by atoms with Crippen molar-refractivity contribution in [1.82, 2.24) is 14.5 Å². The quantitative estimate of drug-likeness (QED) is 0.334. The lowest BCUT2D eigenvalue weighted by molar-refractivity contribution is 0.0655. The molecule has 4 aromatic rings. The van der Waals surface area contributed by atoms with Gasteiger partial charge in [0.25, 0.3) is 11.5 Å². The Kier molecular flexibility index (Phi) is 6.85. The van der Waals surface area contributed by atoms with Crippen LogP contribution in [-0.4, -0.2) is 26.9 Å². The van der Waals surface area contributed by atoms with Gasteiger partial charge < -0.3 is 4.90 Å². The zero-order valence-electron chi connectivity index (χ0n) is 19.8. The zero-order valence-corrected chi connectivity index (χ0v) is 20.6. The summed E-state index contributed by atoms with van der Waals surface area (Å²) in [5, 5.41) is 1.08. The number of nitrogens with zero attached hydrogens (tertiary/aromatic N) is 3. The van der Waals surface area contributed by atoms with E-state index in [1.165, 1.54) is 0 Å². The number of aromatic nitrogens is 2. The van der Waals surface area contributed by atoms with Crippen molar-refractivity contribution >= 4 is 28.4 Å². The van der Waals surface area contributed by atoms with E-state index in [-0.39, 0.29) is 17.4 Å². The third-order valence-electron chi connectivity index (χ3n) is 5.97. The lowest BCUT2D eigenvalue weighted by Gasteiger charge is -2.32. The summed E-state index contributed by atoms with van der Waals surface area (Å²) < 4.78 is 1.61. The Morgan fingerprint density at radius 2 is 1.65 bits per heavy atom. The molecule has 0 N–H and O–H groups in total. The predicted octanol–water partition coefficient (Wildman–Crippen LogP) is 6.21. The molecule has 0 spiro atoms. The second-order valence-corrected chi connectivity index (χ2v) is 9.31. The van der Waals surface area contributed by atoms with Crippen LogP contribution in [0.2, 0.25) is 5.02 Å². The van der Waals surface area contributed by atoms with E-state index in [9.17, 15) is 9.59 Å². The number of rotatable bonds is 6. The van der Waals surface area contributed by atoms with Crippen molar-refractivity contribution in [2.45, 2.75) is 33.7 Å². The number of hydrogen-bond acceptors (Lipinski definition) is 3. The molecule has 0 bridgehead atoms. The molecule has 0 aliphatic carbocycles. The summed E-state index contributed by atoms with van der Waals surface area (Å²) in [6, 6.07) is 21.5. The van der Waals surface area contributed by atoms with Crippen LogP contribution < -0.4 is 5.56 Å². The van der Waals surface area contributed by atoms with Gasteiger partial charge in [-0.25, -0.2) is 4.98 Å². The first-order valence-electron chi connectivity index (χ1n) is 11.4. The lowest BCUT2D eigenvalue weighted by Crippen LogP contribution is -2.39. The predicted molar refractivity (Wildman–Crippen MR) is 138 cm³/mol. The molecule has 0 aliphatic rings. The number of hydrogen-bond donors (Lipinski definition) is 0. The molecule has 0 aliphatic heterocycles. The minimum absolute atomic E-state index is 0.0985. The molecule has 174 valence electrons. The molecule has 4 rings (SSSR count). The maximum atomic E-state index is 13.8. The molecule has 5 nitrogen and oxygen atoms in total. The van der Waals surface area contributed by atoms with Crippen molar-refractivity contribution in [2.24, 2.45) is 5.92 Å². The minimum Gasteiger partial charge on any atom is -0.328 e. The Bertz CT molecular complexity index is 1400. The standard InChI is InChI=1S/C28H28ClN3O2/c1-18(2)17-31(27(33)21-11-6-5-7-12-21)20(4)26-30-24-15-9-8-13-22(24)28(34)32(26)25-16-10-14-23(29)19(25)3/h5-16,18,20H,17H2,1-4H3. The van der Waals surface area contributed by atoms with Crippen LogP contribution in [0.4, 0.5) is 0 Å². The van der Waals surface area contributed by atoms with Crippen LogP contribution in [0, 0.1) is 12.8 Å². The van der Waals surface area contributed by atoms with Gasteiger partial charge in [-0.15, -0.1) is 0 Å². The van der Waals surface area contributed by atoms with Gasteiger partial charge in [-0.3, -0.25) is 14.2 Å². The van der Waals surface area contributed by atoms with Crippen LogP contribution in [0.3, 0.4) is 0 Å². The first-order chi connectivity index (χ1) is 16.3. The lowest BCUT2D eigenvalue weighted by atomic mass is 10.1. The van der Waals surface area contributed by atoms with Gasteiger partial charge in [0.1, 0.15) is 5.82 Å². The van der Waals surface area contributed by atoms with Crippen molar-refractivity contribution < 1.29 is 4.79 Å². The summed E-state index contributed by atoms with van der Waals surface area (Å²) in [7, 11) is 0. The third-order valence-corrected chi connectivity index (χ3v) is 6.38. The Hall–Kier alpha value is -3.44. The van der Waals surface area contributed by atoms with Gasteiger partial charge in [0.2, 0.25) is 0 Å². The van der Waals surface area contributed by atoms with Gasteiger partial charge in [-0.1, -0.05) is 61.8 Å². The van der Waals surface area contributed by atoms with E-state index >= 15 is 0 Å². The molecule has 1 atom stereocenters. The van der Waals surface area contributed by atoms with Crippen LogP contribution in [0.25, 0.3) is 16.6 Å². The highest BCUT2D eigenvalue weighted by atomic mass is 35.5. The second kappa shape index (κ2) is 9.82. The molecule has 34 heavy (non-hydrogen) atoms. The molecule has 1 unspecified atom stereocenters. The van der Waals surface area contributed by atoms with Crippen molar-refractivity contribution in [3.63, 3.8) is 0 Å². The fourth-order valence-electron chi connectivity index (χ4n) is 4.20. The fraction of sp³-hybridized carbons (Fsp3) is 0.250. The minimum atomic E-state index is -0.467. The zero-order chi connectivity index (χ0) is 24.4. The SMILES string of the molecule is Cc1c(Cl)cccc1-n1c(C(C)N(CC(C)C)C(=O)c2ccccc2)nc2ccccc2c1=O. The van der Waals surface area contributed by atoms with Gasteiger partial charge in [0, 0.05) is 17.1 Å². The van der Waals surface area contributed by atoms with E-state index in [0.717, 1.165) is 5.56 Å². The van der Waals surface area contributed by atoms with E-state index in [1.807, 2.05) is 74.5 Å². The Morgan fingerprint density at radius 3 is 2.35 bits per heavy atom. The van der Waals surface area contributed by atoms with Crippen molar-refractivity contribution in [1.29, 1.82) is 0 Å². The fourth-order valence-corrected chi connectivity index (χ4v) is 4.37. The van der Waals surface area contributed by atoms with E-state index < -0.39 is 6.04 Å². The Labute approximate surface area is 204 Å². The highest BCUT2D eigenvalue weighted by Crippen LogP contribution is 2.28. The van der Waals surface area contributed by atoms with Crippen molar-refractivity contribution in [3.8, 4) is 5.69 Å². The van der Waals surface area contributed by atoms with E-state index in [1.54, 1.807) is 21.6 Å². The average Bonchev–Trinajstić information content (AvgIpc) is 2.84. The largest absolute Gasteiger partial charge is 0.328 e. The second-order valence-electron chi connectivity index (χ2n) is 8.91. The summed E-state index contributed by atoms with van der Waals surface area (Å²) in [6.07, 6.45) is 0. The van der Waals surface area contributed by atoms with Gasteiger partial charge in [0.05, 0.1) is 22.6 Å². The number of halogens is 1. The van der Waals surface area contributed by atoms with E-state index in [2.05, 4.69) is 13.8 Å². The van der Waals surface area contributed by atoms with Crippen molar-refractivity contribution in [2.75, 3.05) is 6.54 Å². The van der Waals surface area contributed by atoms with Gasteiger partial charge in [-0.05, 0) is 61.7 Å². The smallest absolute Gasteiger partial charge is 0.266 e. The van der Waals surface area contributed by atoms with E-state index in [0.29, 0.717) is 39.5 Å². The topological polar surface area (TPSA) is 55.2 Å². The first-order valence-corrected chi connectivity index (χ1v) is 11.8. The molecule has 0 radical (unpaired) electrons. The molecule has 0 fully saturated rings.